The quantitative estimate of drug-likeness (QED) is 0.597. The molecule has 0 aliphatic heterocycles. The molecular formula is C9H8BrN5. The fourth-order valence-corrected chi connectivity index (χ4v) is 1.37. The summed E-state index contributed by atoms with van der Waals surface area (Å²) in [5.41, 5.74) is 6.93. The minimum absolute atomic E-state index is 0.400. The number of hydrogen-bond acceptors (Lipinski definition) is 4. The second kappa shape index (κ2) is 4.28. The third-order valence-corrected chi connectivity index (χ3v) is 2.21. The topological polar surface area (TPSA) is 80.5 Å². The normalized spacial score (nSPS) is 9.93. The third-order valence-electron chi connectivity index (χ3n) is 1.81. The van der Waals surface area contributed by atoms with Crippen LogP contribution in [0.3, 0.4) is 0 Å². The number of halogens is 1. The minimum atomic E-state index is 0.400. The molecule has 0 radical (unpaired) electrons. The second-order valence-corrected chi connectivity index (χ2v) is 3.59. The Bertz CT molecular complexity index is 536. The first-order valence-corrected chi connectivity index (χ1v) is 5.44. The molecule has 0 amide bonds. The van der Waals surface area contributed by atoms with Crippen molar-refractivity contribution in [2.45, 2.75) is 6.42 Å². The van der Waals surface area contributed by atoms with E-state index in [4.69, 9.17) is 5.73 Å². The Morgan fingerprint density at radius 2 is 2.33 bits per heavy atom. The van der Waals surface area contributed by atoms with Gasteiger partial charge in [-0.15, -0.1) is 0 Å². The molecule has 0 bridgehead atoms. The molecule has 0 aromatic carbocycles. The lowest BCUT2D eigenvalue weighted by atomic mass is 10.3. The lowest BCUT2D eigenvalue weighted by Gasteiger charge is -1.91. The minimum Gasteiger partial charge on any atom is -0.383 e. The lowest BCUT2D eigenvalue weighted by molar-refractivity contribution is 1.08. The van der Waals surface area contributed by atoms with E-state index in [-0.39, 0.29) is 0 Å². The van der Waals surface area contributed by atoms with Crippen LogP contribution in [-0.2, 0) is 0 Å². The highest BCUT2D eigenvalue weighted by Gasteiger charge is 2.07. The van der Waals surface area contributed by atoms with Crippen LogP contribution in [0.4, 0.5) is 5.82 Å². The van der Waals surface area contributed by atoms with Crippen molar-refractivity contribution >= 4 is 32.8 Å². The Hall–Kier alpha value is -1.61. The Morgan fingerprint density at radius 3 is 3.13 bits per heavy atom. The highest BCUT2D eigenvalue weighted by molar-refractivity contribution is 9.09. The highest BCUT2D eigenvalue weighted by atomic mass is 79.9. The van der Waals surface area contributed by atoms with Gasteiger partial charge >= 0.3 is 0 Å². The molecule has 3 N–H and O–H groups in total. The van der Waals surface area contributed by atoms with Crippen LogP contribution in [0.25, 0.3) is 11.0 Å². The molecule has 0 aliphatic carbocycles. The number of anilines is 1. The first-order valence-electron chi connectivity index (χ1n) is 4.32. The van der Waals surface area contributed by atoms with Crippen LogP contribution in [0, 0.1) is 11.8 Å². The standard InChI is InChI=1S/C9H8BrN5/c10-4-2-1-3-6-7-8(11)12-5-13-9(7)15-14-6/h5H,2,4H2,(H3,11,12,13,14,15). The number of aromatic amines is 1. The molecule has 0 aliphatic rings. The summed E-state index contributed by atoms with van der Waals surface area (Å²) in [4.78, 5) is 7.88. The highest BCUT2D eigenvalue weighted by Crippen LogP contribution is 2.17. The molecule has 6 heteroatoms. The molecule has 15 heavy (non-hydrogen) atoms. The number of nitrogens with one attached hydrogen (secondary N) is 1. The van der Waals surface area contributed by atoms with Gasteiger partial charge in [0.25, 0.3) is 0 Å². The molecule has 2 aromatic heterocycles. The summed E-state index contributed by atoms with van der Waals surface area (Å²) in [6, 6.07) is 0. The van der Waals surface area contributed by atoms with Gasteiger partial charge in [0.15, 0.2) is 5.65 Å². The van der Waals surface area contributed by atoms with Crippen molar-refractivity contribution in [1.82, 2.24) is 20.2 Å². The van der Waals surface area contributed by atoms with Crippen molar-refractivity contribution in [1.29, 1.82) is 0 Å². The number of hydrogen-bond donors (Lipinski definition) is 2. The molecular weight excluding hydrogens is 258 g/mol. The Morgan fingerprint density at radius 1 is 1.47 bits per heavy atom. The third kappa shape index (κ3) is 1.92. The van der Waals surface area contributed by atoms with Gasteiger partial charge in [0.2, 0.25) is 0 Å². The number of rotatable bonds is 1. The Kier molecular flexibility index (Phi) is 2.83. The molecule has 2 heterocycles. The van der Waals surface area contributed by atoms with E-state index in [1.807, 2.05) is 0 Å². The summed E-state index contributed by atoms with van der Waals surface area (Å²) in [5, 5.41) is 8.32. The fraction of sp³-hybridized carbons (Fsp3) is 0.222. The van der Waals surface area contributed by atoms with Gasteiger partial charge in [-0.1, -0.05) is 21.9 Å². The predicted octanol–water partition coefficient (Wildman–Crippen LogP) is 1.07. The first-order chi connectivity index (χ1) is 7.33. The lowest BCUT2D eigenvalue weighted by Crippen LogP contribution is -1.92. The maximum atomic E-state index is 5.72. The van der Waals surface area contributed by atoms with Crippen molar-refractivity contribution in [3.8, 4) is 11.8 Å². The molecule has 5 nitrogen and oxygen atoms in total. The van der Waals surface area contributed by atoms with E-state index >= 15 is 0 Å². The first kappa shape index (κ1) is 9.93. The number of nitrogen functional groups attached to an aromatic ring is 1. The maximum absolute atomic E-state index is 5.72. The van der Waals surface area contributed by atoms with Gasteiger partial charge in [-0.3, -0.25) is 5.10 Å². The molecule has 0 fully saturated rings. The summed E-state index contributed by atoms with van der Waals surface area (Å²) in [7, 11) is 0. The number of nitrogens with two attached hydrogens (primary N) is 1. The number of alkyl halides is 1. The molecule has 76 valence electrons. The summed E-state index contributed by atoms with van der Waals surface area (Å²) in [6.45, 7) is 0. The van der Waals surface area contributed by atoms with Crippen LogP contribution >= 0.6 is 15.9 Å². The van der Waals surface area contributed by atoms with Crippen LogP contribution in [0.1, 0.15) is 12.1 Å². The second-order valence-electron chi connectivity index (χ2n) is 2.80. The fourth-order valence-electron chi connectivity index (χ4n) is 1.17. The molecule has 0 spiro atoms. The average Bonchev–Trinajstić information content (AvgIpc) is 2.63. The number of nitrogens with zero attached hydrogens (tertiary/aromatic N) is 3. The van der Waals surface area contributed by atoms with Crippen molar-refractivity contribution in [2.75, 3.05) is 11.1 Å². The van der Waals surface area contributed by atoms with Gasteiger partial charge in [-0.25, -0.2) is 9.97 Å². The zero-order valence-electron chi connectivity index (χ0n) is 7.79. The zero-order chi connectivity index (χ0) is 10.7. The predicted molar refractivity (Wildman–Crippen MR) is 61.4 cm³/mol. The van der Waals surface area contributed by atoms with E-state index in [0.717, 1.165) is 11.8 Å². The van der Waals surface area contributed by atoms with Crippen LogP contribution < -0.4 is 5.73 Å². The van der Waals surface area contributed by atoms with Gasteiger partial charge in [-0.05, 0) is 5.92 Å². The van der Waals surface area contributed by atoms with Crippen molar-refractivity contribution in [2.24, 2.45) is 0 Å². The van der Waals surface area contributed by atoms with Crippen LogP contribution in [0.15, 0.2) is 6.33 Å². The van der Waals surface area contributed by atoms with E-state index in [9.17, 15) is 0 Å². The molecule has 2 aromatic rings. The Labute approximate surface area is 94.6 Å². The Balaban J connectivity index is 2.50. The van der Waals surface area contributed by atoms with E-state index in [1.165, 1.54) is 6.33 Å². The SMILES string of the molecule is Nc1ncnc2n[nH]c(C#CCCBr)c12. The molecule has 0 saturated heterocycles. The van der Waals surface area contributed by atoms with Crippen molar-refractivity contribution < 1.29 is 0 Å². The van der Waals surface area contributed by atoms with E-state index in [1.54, 1.807) is 0 Å². The van der Waals surface area contributed by atoms with Crippen LogP contribution in [0.2, 0.25) is 0 Å². The average molecular weight is 266 g/mol. The van der Waals surface area contributed by atoms with E-state index in [0.29, 0.717) is 22.5 Å². The summed E-state index contributed by atoms with van der Waals surface area (Å²) >= 11 is 3.30. The van der Waals surface area contributed by atoms with Gasteiger partial charge in [0.05, 0.1) is 5.39 Å². The molecule has 0 saturated carbocycles. The largest absolute Gasteiger partial charge is 0.383 e. The number of H-pyrrole nitrogens is 1. The maximum Gasteiger partial charge on any atom is 0.187 e. The summed E-state index contributed by atoms with van der Waals surface area (Å²) in [6.07, 6.45) is 2.16. The van der Waals surface area contributed by atoms with Gasteiger partial charge < -0.3 is 5.73 Å². The molecule has 2 rings (SSSR count). The number of fused-ring (bicyclic) bond motifs is 1. The van der Waals surface area contributed by atoms with Gasteiger partial charge in [0.1, 0.15) is 17.8 Å². The van der Waals surface area contributed by atoms with Crippen molar-refractivity contribution in [3.05, 3.63) is 12.0 Å². The van der Waals surface area contributed by atoms with E-state index in [2.05, 4.69) is 47.9 Å². The number of aromatic nitrogens is 4. The molecule has 0 unspecified atom stereocenters. The monoisotopic (exact) mass is 265 g/mol. The zero-order valence-corrected chi connectivity index (χ0v) is 9.37. The van der Waals surface area contributed by atoms with Crippen LogP contribution in [0.5, 0.6) is 0 Å². The smallest absolute Gasteiger partial charge is 0.187 e. The molecule has 0 atom stereocenters. The van der Waals surface area contributed by atoms with E-state index < -0.39 is 0 Å². The summed E-state index contributed by atoms with van der Waals surface area (Å²) < 4.78 is 0. The van der Waals surface area contributed by atoms with Crippen molar-refractivity contribution in [3.63, 3.8) is 0 Å². The van der Waals surface area contributed by atoms with Gasteiger partial charge in [0, 0.05) is 11.8 Å². The van der Waals surface area contributed by atoms with Gasteiger partial charge in [-0.2, -0.15) is 5.10 Å². The van der Waals surface area contributed by atoms with Crippen LogP contribution in [-0.4, -0.2) is 25.5 Å². The summed E-state index contributed by atoms with van der Waals surface area (Å²) in [5.74, 6) is 6.33.